The fourth-order valence-corrected chi connectivity index (χ4v) is 1.62. The second-order valence-corrected chi connectivity index (χ2v) is 4.32. The molecule has 18 heavy (non-hydrogen) atoms. The third-order valence-electron chi connectivity index (χ3n) is 2.31. The predicted molar refractivity (Wildman–Crippen MR) is 70.7 cm³/mol. The van der Waals surface area contributed by atoms with Crippen LogP contribution in [0.25, 0.3) is 0 Å². The second-order valence-electron chi connectivity index (χ2n) is 4.02. The smallest absolute Gasteiger partial charge is 0.221 e. The summed E-state index contributed by atoms with van der Waals surface area (Å²) in [4.78, 5) is 11.1. The molecule has 0 saturated carbocycles. The summed E-state index contributed by atoms with van der Waals surface area (Å²) in [6.07, 6.45) is -0.736. The maximum absolute atomic E-state index is 13.3. The first-order valence-corrected chi connectivity index (χ1v) is 6.03. The Kier molecular flexibility index (Phi) is 5.37. The molecule has 0 aliphatic carbocycles. The van der Waals surface area contributed by atoms with Gasteiger partial charge in [0.05, 0.1) is 23.4 Å². The third-order valence-corrected chi connectivity index (χ3v) is 2.66. The lowest BCUT2D eigenvalue weighted by molar-refractivity contribution is -0.114. The van der Waals surface area contributed by atoms with Gasteiger partial charge in [-0.2, -0.15) is 0 Å². The summed E-state index contributed by atoms with van der Waals surface area (Å²) in [7, 11) is 0. The lowest BCUT2D eigenvalue weighted by Gasteiger charge is -2.16. The minimum Gasteiger partial charge on any atom is -0.390 e. The Hall–Kier alpha value is -1.33. The molecular weight excluding hydrogens is 259 g/mol. The molecule has 1 amide bonds. The van der Waals surface area contributed by atoms with E-state index < -0.39 is 11.9 Å². The largest absolute Gasteiger partial charge is 0.390 e. The maximum atomic E-state index is 13.3. The van der Waals surface area contributed by atoms with Gasteiger partial charge in [0.2, 0.25) is 5.91 Å². The van der Waals surface area contributed by atoms with Gasteiger partial charge in [0.25, 0.3) is 0 Å². The molecule has 0 aliphatic heterocycles. The molecule has 100 valence electrons. The minimum atomic E-state index is -0.736. The van der Waals surface area contributed by atoms with Crippen molar-refractivity contribution in [3.05, 3.63) is 23.5 Å². The second kappa shape index (κ2) is 6.56. The van der Waals surface area contributed by atoms with E-state index >= 15 is 0 Å². The first-order chi connectivity index (χ1) is 8.43. The first kappa shape index (κ1) is 14.7. The highest BCUT2D eigenvalue weighted by molar-refractivity contribution is 6.18. The van der Waals surface area contributed by atoms with E-state index in [0.717, 1.165) is 0 Å². The van der Waals surface area contributed by atoms with Crippen LogP contribution in [-0.4, -0.2) is 29.5 Å². The quantitative estimate of drug-likeness (QED) is 0.721. The Morgan fingerprint density at radius 2 is 2.22 bits per heavy atom. The van der Waals surface area contributed by atoms with Crippen LogP contribution in [0, 0.1) is 12.7 Å². The molecule has 0 saturated heterocycles. The first-order valence-electron chi connectivity index (χ1n) is 5.49. The van der Waals surface area contributed by atoms with Crippen LogP contribution in [0.5, 0.6) is 0 Å². The molecule has 3 N–H and O–H groups in total. The summed E-state index contributed by atoms with van der Waals surface area (Å²) in [5, 5.41) is 14.8. The van der Waals surface area contributed by atoms with E-state index in [4.69, 9.17) is 11.6 Å². The van der Waals surface area contributed by atoms with Crippen molar-refractivity contribution < 1.29 is 14.3 Å². The number of nitrogens with one attached hydrogen (secondary N) is 2. The number of halogens is 2. The molecule has 1 rings (SSSR count). The van der Waals surface area contributed by atoms with Gasteiger partial charge in [0.1, 0.15) is 5.82 Å². The van der Waals surface area contributed by atoms with Crippen molar-refractivity contribution in [2.75, 3.05) is 23.1 Å². The van der Waals surface area contributed by atoms with Crippen molar-refractivity contribution in [2.24, 2.45) is 0 Å². The van der Waals surface area contributed by atoms with Crippen molar-refractivity contribution in [3.63, 3.8) is 0 Å². The highest BCUT2D eigenvalue weighted by Crippen LogP contribution is 2.27. The number of carbonyl (C=O) groups is 1. The van der Waals surface area contributed by atoms with Crippen LogP contribution < -0.4 is 10.6 Å². The van der Waals surface area contributed by atoms with Gasteiger partial charge in [-0.05, 0) is 24.6 Å². The van der Waals surface area contributed by atoms with Gasteiger partial charge in [-0.25, -0.2) is 4.39 Å². The molecule has 0 bridgehead atoms. The molecular formula is C12H16ClFN2O2. The molecule has 0 spiro atoms. The number of hydrogen-bond donors (Lipinski definition) is 3. The minimum absolute atomic E-state index is 0.0801. The molecule has 0 aliphatic rings. The predicted octanol–water partition coefficient (Wildman–Crippen LogP) is 2.10. The van der Waals surface area contributed by atoms with E-state index in [2.05, 4.69) is 10.6 Å². The van der Waals surface area contributed by atoms with Crippen LogP contribution in [0.2, 0.25) is 0 Å². The van der Waals surface area contributed by atoms with Crippen molar-refractivity contribution >= 4 is 28.9 Å². The highest BCUT2D eigenvalue weighted by Gasteiger charge is 2.11. The van der Waals surface area contributed by atoms with E-state index in [0.29, 0.717) is 16.9 Å². The third kappa shape index (κ3) is 4.16. The summed E-state index contributed by atoms with van der Waals surface area (Å²) >= 11 is 5.47. The topological polar surface area (TPSA) is 61.4 Å². The number of carbonyl (C=O) groups excluding carboxylic acids is 1. The lowest BCUT2D eigenvalue weighted by atomic mass is 10.1. The van der Waals surface area contributed by atoms with E-state index in [1.54, 1.807) is 6.92 Å². The standard InChI is InChI=1S/C12H16ClFN2O2/c1-7-3-9(14)4-11(12(7)16-8(2)17)15-6-10(18)5-13/h3-4,10,15,18H,5-6H2,1-2H3,(H,16,17). The highest BCUT2D eigenvalue weighted by atomic mass is 35.5. The summed E-state index contributed by atoms with van der Waals surface area (Å²) in [6.45, 7) is 3.25. The lowest BCUT2D eigenvalue weighted by Crippen LogP contribution is -2.22. The number of aliphatic hydroxyl groups excluding tert-OH is 1. The number of anilines is 2. The molecule has 1 aromatic carbocycles. The van der Waals surface area contributed by atoms with Gasteiger partial charge in [0.15, 0.2) is 0 Å². The van der Waals surface area contributed by atoms with Crippen LogP contribution in [0.3, 0.4) is 0 Å². The van der Waals surface area contributed by atoms with Gasteiger partial charge < -0.3 is 15.7 Å². The zero-order chi connectivity index (χ0) is 13.7. The van der Waals surface area contributed by atoms with E-state index in [9.17, 15) is 14.3 Å². The number of benzene rings is 1. The van der Waals surface area contributed by atoms with Crippen LogP contribution in [-0.2, 0) is 4.79 Å². The Labute approximate surface area is 110 Å². The number of hydrogen-bond acceptors (Lipinski definition) is 3. The number of amides is 1. The molecule has 4 nitrogen and oxygen atoms in total. The van der Waals surface area contributed by atoms with Crippen LogP contribution >= 0.6 is 11.6 Å². The number of rotatable bonds is 5. The molecule has 6 heteroatoms. The Bertz CT molecular complexity index is 440. The SMILES string of the molecule is CC(=O)Nc1c(C)cc(F)cc1NCC(O)CCl. The summed E-state index contributed by atoms with van der Waals surface area (Å²) in [5.74, 6) is -0.577. The van der Waals surface area contributed by atoms with Crippen LogP contribution in [0.4, 0.5) is 15.8 Å². The summed E-state index contributed by atoms with van der Waals surface area (Å²) < 4.78 is 13.3. The summed E-state index contributed by atoms with van der Waals surface area (Å²) in [5.41, 5.74) is 1.53. The number of aryl methyl sites for hydroxylation is 1. The number of alkyl halides is 1. The van der Waals surface area contributed by atoms with Crippen molar-refractivity contribution in [3.8, 4) is 0 Å². The average molecular weight is 275 g/mol. The fourth-order valence-electron chi connectivity index (χ4n) is 1.51. The molecule has 0 aromatic heterocycles. The van der Waals surface area contributed by atoms with Crippen molar-refractivity contribution in [1.29, 1.82) is 0 Å². The molecule has 1 atom stereocenters. The van der Waals surface area contributed by atoms with Gasteiger partial charge >= 0.3 is 0 Å². The molecule has 0 fully saturated rings. The molecule has 0 radical (unpaired) electrons. The van der Waals surface area contributed by atoms with Crippen LogP contribution in [0.1, 0.15) is 12.5 Å². The van der Waals surface area contributed by atoms with Crippen molar-refractivity contribution in [1.82, 2.24) is 0 Å². The zero-order valence-corrected chi connectivity index (χ0v) is 11.0. The molecule has 0 heterocycles. The number of aliphatic hydroxyl groups is 1. The fraction of sp³-hybridized carbons (Fsp3) is 0.417. The average Bonchev–Trinajstić information content (AvgIpc) is 2.29. The van der Waals surface area contributed by atoms with Crippen LogP contribution in [0.15, 0.2) is 12.1 Å². The maximum Gasteiger partial charge on any atom is 0.221 e. The van der Waals surface area contributed by atoms with Gasteiger partial charge in [-0.1, -0.05) is 0 Å². The monoisotopic (exact) mass is 274 g/mol. The normalized spacial score (nSPS) is 12.1. The Morgan fingerprint density at radius 1 is 1.56 bits per heavy atom. The zero-order valence-electron chi connectivity index (χ0n) is 10.3. The van der Waals surface area contributed by atoms with Gasteiger partial charge in [-0.15, -0.1) is 11.6 Å². The summed E-state index contributed by atoms with van der Waals surface area (Å²) in [6, 6.07) is 2.59. The molecule has 1 unspecified atom stereocenters. The van der Waals surface area contributed by atoms with E-state index in [1.807, 2.05) is 0 Å². The molecule has 1 aromatic rings. The van der Waals surface area contributed by atoms with E-state index in [1.165, 1.54) is 19.1 Å². The van der Waals surface area contributed by atoms with Gasteiger partial charge in [0, 0.05) is 13.5 Å². The Balaban J connectivity index is 2.95. The van der Waals surface area contributed by atoms with Gasteiger partial charge in [-0.3, -0.25) is 4.79 Å². The Morgan fingerprint density at radius 3 is 2.78 bits per heavy atom. The van der Waals surface area contributed by atoms with Crippen molar-refractivity contribution in [2.45, 2.75) is 20.0 Å². The van der Waals surface area contributed by atoms with E-state index in [-0.39, 0.29) is 18.3 Å².